The molecule has 0 saturated carbocycles. The molecule has 0 saturated heterocycles. The average molecular weight is 335 g/mol. The van der Waals surface area contributed by atoms with Crippen molar-refractivity contribution in [3.63, 3.8) is 0 Å². The zero-order chi connectivity index (χ0) is 18.1. The Morgan fingerprint density at radius 3 is 2.25 bits per heavy atom. The molecule has 0 aromatic rings. The monoisotopic (exact) mass is 334 g/mol. The molecule has 0 amide bonds. The third-order valence-corrected chi connectivity index (χ3v) is 3.56. The van der Waals surface area contributed by atoms with E-state index in [9.17, 15) is 0 Å². The van der Waals surface area contributed by atoms with Crippen LogP contribution in [0.2, 0.25) is 0 Å². The Labute approximate surface area is 153 Å². The van der Waals surface area contributed by atoms with Crippen molar-refractivity contribution in [3.05, 3.63) is 71.9 Å². The fourth-order valence-electron chi connectivity index (χ4n) is 2.14. The van der Waals surface area contributed by atoms with E-state index < -0.39 is 0 Å². The molecule has 0 radical (unpaired) electrons. The Balaban J connectivity index is -0.000000342. The molecule has 1 aliphatic carbocycles. The lowest BCUT2D eigenvalue weighted by atomic mass is 10.1. The molecule has 1 nitrogen and oxygen atoms in total. The predicted octanol–water partition coefficient (Wildman–Crippen LogP) is 7.54. The summed E-state index contributed by atoms with van der Waals surface area (Å²) in [6.45, 7) is 20.1. The van der Waals surface area contributed by atoms with Gasteiger partial charge < -0.3 is 5.48 Å². The van der Waals surface area contributed by atoms with Crippen LogP contribution < -0.4 is 0 Å². The Morgan fingerprint density at radius 2 is 1.79 bits per heavy atom. The van der Waals surface area contributed by atoms with Gasteiger partial charge in [-0.25, -0.2) is 0 Å². The summed E-state index contributed by atoms with van der Waals surface area (Å²) in [4.78, 5) is 0. The molecule has 0 aromatic carbocycles. The van der Waals surface area contributed by atoms with E-state index in [0.717, 1.165) is 19.3 Å². The average Bonchev–Trinajstić information content (AvgIpc) is 3.03. The van der Waals surface area contributed by atoms with Crippen molar-refractivity contribution in [1.29, 1.82) is 0 Å². The highest BCUT2D eigenvalue weighted by Gasteiger charge is 2.10. The molecular formula is C23H42O. The van der Waals surface area contributed by atoms with Crippen molar-refractivity contribution in [2.24, 2.45) is 0 Å². The van der Waals surface area contributed by atoms with E-state index in [0.29, 0.717) is 0 Å². The van der Waals surface area contributed by atoms with E-state index >= 15 is 0 Å². The molecule has 0 aromatic heterocycles. The molecule has 0 spiro atoms. The van der Waals surface area contributed by atoms with Crippen LogP contribution in [0.4, 0.5) is 0 Å². The van der Waals surface area contributed by atoms with Gasteiger partial charge in [0.15, 0.2) is 0 Å². The van der Waals surface area contributed by atoms with Crippen molar-refractivity contribution in [1.82, 2.24) is 0 Å². The summed E-state index contributed by atoms with van der Waals surface area (Å²) < 4.78 is 0. The minimum Gasteiger partial charge on any atom is -0.412 e. The largest absolute Gasteiger partial charge is 0.412 e. The second kappa shape index (κ2) is 19.4. The fourth-order valence-corrected chi connectivity index (χ4v) is 2.14. The first-order valence-electron chi connectivity index (χ1n) is 9.21. The van der Waals surface area contributed by atoms with E-state index in [1.165, 1.54) is 35.1 Å². The molecule has 0 unspecified atom stereocenters. The van der Waals surface area contributed by atoms with Crippen LogP contribution in [0, 0.1) is 0 Å². The zero-order valence-corrected chi connectivity index (χ0v) is 16.9. The van der Waals surface area contributed by atoms with Gasteiger partial charge in [-0.15, -0.1) is 0 Å². The van der Waals surface area contributed by atoms with Crippen LogP contribution in [0.5, 0.6) is 0 Å². The number of hydrogen-bond donors (Lipinski definition) is 0. The van der Waals surface area contributed by atoms with Gasteiger partial charge >= 0.3 is 0 Å². The molecule has 0 aliphatic heterocycles. The van der Waals surface area contributed by atoms with E-state index in [1.54, 1.807) is 0 Å². The standard InChI is InChI=1S/C19H26.2C2H6.H2O.H2/c1-5-16(4)12-10-8-9-11-13-17-14-18(6-2)19(7-3)15-17;2*1-2;;/h6-8,10,12,14H,2-3,5,9,11,13,15H2,1,4H3;2*1-2H3;1H2;1H/b10-8-,16-12-;;;;. The van der Waals surface area contributed by atoms with Crippen molar-refractivity contribution >= 4 is 0 Å². The predicted molar refractivity (Wildman–Crippen MR) is 116 cm³/mol. The van der Waals surface area contributed by atoms with Gasteiger partial charge in [-0.3, -0.25) is 0 Å². The van der Waals surface area contributed by atoms with Crippen molar-refractivity contribution < 1.29 is 6.90 Å². The maximum absolute atomic E-state index is 3.86. The van der Waals surface area contributed by atoms with E-state index in [4.69, 9.17) is 0 Å². The van der Waals surface area contributed by atoms with Crippen molar-refractivity contribution in [2.75, 3.05) is 0 Å². The first-order valence-corrected chi connectivity index (χ1v) is 9.21. The molecule has 140 valence electrons. The van der Waals surface area contributed by atoms with Gasteiger partial charge in [0.2, 0.25) is 0 Å². The number of rotatable bonds is 8. The summed E-state index contributed by atoms with van der Waals surface area (Å²) in [7, 11) is 0. The summed E-state index contributed by atoms with van der Waals surface area (Å²) >= 11 is 0. The molecule has 0 fully saturated rings. The quantitative estimate of drug-likeness (QED) is 0.324. The Hall–Kier alpha value is -1.60. The van der Waals surface area contributed by atoms with Gasteiger partial charge in [-0.05, 0) is 50.2 Å². The van der Waals surface area contributed by atoms with Crippen LogP contribution in [-0.2, 0) is 0 Å². The van der Waals surface area contributed by atoms with Gasteiger partial charge in [0.25, 0.3) is 0 Å². The summed E-state index contributed by atoms with van der Waals surface area (Å²) in [6, 6.07) is 0. The molecule has 1 heteroatoms. The van der Waals surface area contributed by atoms with Crippen molar-refractivity contribution in [2.45, 2.75) is 73.6 Å². The Morgan fingerprint density at radius 1 is 1.17 bits per heavy atom. The molecule has 0 bridgehead atoms. The fraction of sp³-hybridized carbons (Fsp3) is 0.478. The minimum absolute atomic E-state index is 0. The lowest BCUT2D eigenvalue weighted by Crippen LogP contribution is -1.81. The molecule has 24 heavy (non-hydrogen) atoms. The molecule has 1 aliphatic rings. The van der Waals surface area contributed by atoms with E-state index in [-0.39, 0.29) is 6.90 Å². The van der Waals surface area contributed by atoms with E-state index in [2.05, 4.69) is 51.3 Å². The summed E-state index contributed by atoms with van der Waals surface area (Å²) in [6.07, 6.45) is 18.6. The highest BCUT2D eigenvalue weighted by molar-refractivity contribution is 5.48. The number of unbranched alkanes of at least 4 members (excludes halogenated alkanes) is 1. The molecule has 0 atom stereocenters. The molecular weight excluding hydrogens is 292 g/mol. The zero-order valence-electron chi connectivity index (χ0n) is 16.9. The number of hydrogen-bond acceptors (Lipinski definition) is 0. The summed E-state index contributed by atoms with van der Waals surface area (Å²) in [5.74, 6) is 0. The first-order chi connectivity index (χ1) is 11.2. The summed E-state index contributed by atoms with van der Waals surface area (Å²) in [5.41, 5.74) is 5.52. The highest BCUT2D eigenvalue weighted by atomic mass is 16.0. The lowest BCUT2D eigenvalue weighted by molar-refractivity contribution is 0.817. The van der Waals surface area contributed by atoms with Crippen LogP contribution >= 0.6 is 0 Å². The van der Waals surface area contributed by atoms with Crippen LogP contribution in [0.3, 0.4) is 0 Å². The third-order valence-electron chi connectivity index (χ3n) is 3.56. The smallest absolute Gasteiger partial charge is 0 e. The minimum atomic E-state index is 0. The van der Waals surface area contributed by atoms with Gasteiger partial charge in [-0.1, -0.05) is 95.4 Å². The van der Waals surface area contributed by atoms with Crippen LogP contribution in [0.1, 0.15) is 75.1 Å². The second-order valence-electron chi connectivity index (χ2n) is 5.06. The maximum Gasteiger partial charge on any atom is 0 e. The van der Waals surface area contributed by atoms with E-state index in [1.807, 2.05) is 39.8 Å². The molecule has 2 N–H and O–H groups in total. The van der Waals surface area contributed by atoms with Crippen LogP contribution in [-0.4, -0.2) is 5.48 Å². The normalized spacial score (nSPS) is 13.2. The Bertz CT molecular complexity index is 451. The molecule has 1 rings (SSSR count). The van der Waals surface area contributed by atoms with Gasteiger partial charge in [0.1, 0.15) is 0 Å². The first kappa shape index (κ1) is 27.3. The van der Waals surface area contributed by atoms with Gasteiger partial charge in [-0.2, -0.15) is 0 Å². The van der Waals surface area contributed by atoms with Crippen molar-refractivity contribution in [3.8, 4) is 0 Å². The lowest BCUT2D eigenvalue weighted by Gasteiger charge is -2.00. The maximum atomic E-state index is 3.86. The Kier molecular flexibility index (Phi) is 22.1. The van der Waals surface area contributed by atoms with Gasteiger partial charge in [0, 0.05) is 1.43 Å². The van der Waals surface area contributed by atoms with Crippen LogP contribution in [0.15, 0.2) is 71.9 Å². The topological polar surface area (TPSA) is 31.5 Å². The van der Waals surface area contributed by atoms with Crippen LogP contribution in [0.25, 0.3) is 0 Å². The van der Waals surface area contributed by atoms with Gasteiger partial charge in [0.05, 0.1) is 0 Å². The highest BCUT2D eigenvalue weighted by Crippen LogP contribution is 2.29. The number of allylic oxidation sites excluding steroid dienone is 10. The molecule has 0 heterocycles. The SMILES string of the molecule is C=CC1=C(C=C)CC(CCC/C=C\C=C(\C)CC)=C1.CC.CC.O.[HH]. The summed E-state index contributed by atoms with van der Waals surface area (Å²) in [5, 5.41) is 0. The second-order valence-corrected chi connectivity index (χ2v) is 5.06. The third kappa shape index (κ3) is 11.9.